The molecule has 0 aromatic rings. The number of carboxylic acid groups (broad SMARTS) is 1. The molecule has 0 bridgehead atoms. The lowest BCUT2D eigenvalue weighted by Crippen LogP contribution is -2.68. The number of carbonyl (C=O) groups excluding carboxylic acids is 2. The van der Waals surface area contributed by atoms with Crippen LogP contribution in [0.25, 0.3) is 0 Å². The summed E-state index contributed by atoms with van der Waals surface area (Å²) >= 11 is 0. The molecule has 1 aliphatic heterocycles. The van der Waals surface area contributed by atoms with Crippen molar-refractivity contribution in [2.75, 3.05) is 13.1 Å². The molecule has 9 heteroatoms. The third kappa shape index (κ3) is 2.09. The van der Waals surface area contributed by atoms with Gasteiger partial charge in [0.1, 0.15) is 13.1 Å². The Bertz CT molecular complexity index is 480. The van der Waals surface area contributed by atoms with E-state index in [0.29, 0.717) is 4.31 Å². The van der Waals surface area contributed by atoms with Crippen LogP contribution in [0.1, 0.15) is 13.8 Å². The van der Waals surface area contributed by atoms with Crippen molar-refractivity contribution in [2.24, 2.45) is 0 Å². The average molecular weight is 264 g/mol. The molecule has 8 nitrogen and oxygen atoms in total. The van der Waals surface area contributed by atoms with Crippen molar-refractivity contribution < 1.29 is 27.9 Å². The van der Waals surface area contributed by atoms with Gasteiger partial charge in [0, 0.05) is 0 Å². The van der Waals surface area contributed by atoms with Gasteiger partial charge in [0.15, 0.2) is 4.75 Å². The lowest BCUT2D eigenvalue weighted by molar-refractivity contribution is -0.139. The lowest BCUT2D eigenvalue weighted by atomic mass is 10.2. The molecule has 0 aromatic carbocycles. The van der Waals surface area contributed by atoms with E-state index in [1.807, 2.05) is 5.32 Å². The highest BCUT2D eigenvalue weighted by molar-refractivity contribution is 7.94. The number of nitrogens with zero attached hydrogens (tertiary/aromatic N) is 1. The molecule has 96 valence electrons. The molecule has 0 radical (unpaired) electrons. The molecule has 1 aliphatic rings. The molecule has 0 aromatic heterocycles. The predicted octanol–water partition coefficient (Wildman–Crippen LogP) is -1.86. The number of hydrogen-bond donors (Lipinski definition) is 2. The molecule has 0 spiro atoms. The van der Waals surface area contributed by atoms with Crippen molar-refractivity contribution in [3.05, 3.63) is 0 Å². The zero-order chi connectivity index (χ0) is 13.4. The Balaban J connectivity index is 2.64. The number of sulfonamides is 1. The summed E-state index contributed by atoms with van der Waals surface area (Å²) in [6, 6.07) is 0. The van der Waals surface area contributed by atoms with Gasteiger partial charge in [0.05, 0.1) is 0 Å². The number of carbonyl (C=O) groups is 3. The molecular weight excluding hydrogens is 252 g/mol. The molecule has 1 rings (SSSR count). The molecule has 1 fully saturated rings. The van der Waals surface area contributed by atoms with E-state index in [0.717, 1.165) is 0 Å². The van der Waals surface area contributed by atoms with Crippen LogP contribution in [0.15, 0.2) is 0 Å². The number of amides is 2. The van der Waals surface area contributed by atoms with E-state index in [1.165, 1.54) is 13.8 Å². The van der Waals surface area contributed by atoms with Crippen LogP contribution in [-0.4, -0.2) is 53.4 Å². The number of carboxylic acids is 1. The third-order valence-electron chi connectivity index (χ3n) is 2.40. The number of rotatable bonds is 4. The summed E-state index contributed by atoms with van der Waals surface area (Å²) in [6.45, 7) is 1.19. The van der Waals surface area contributed by atoms with Crippen molar-refractivity contribution in [3.63, 3.8) is 0 Å². The average Bonchev–Trinajstić information content (AvgIpc) is 2.21. The molecule has 1 heterocycles. The quantitative estimate of drug-likeness (QED) is 0.614. The summed E-state index contributed by atoms with van der Waals surface area (Å²) < 4.78 is 22.0. The first-order chi connectivity index (χ1) is 7.60. The summed E-state index contributed by atoms with van der Waals surface area (Å²) in [5.74, 6) is -2.76. The Kier molecular flexibility index (Phi) is 3.15. The Morgan fingerprint density at radius 1 is 1.41 bits per heavy atom. The minimum absolute atomic E-state index is 0.435. The summed E-state index contributed by atoms with van der Waals surface area (Å²) in [4.78, 5) is 32.7. The Labute approximate surface area is 97.6 Å². The van der Waals surface area contributed by atoms with Crippen LogP contribution in [0.3, 0.4) is 0 Å². The first-order valence-corrected chi connectivity index (χ1v) is 6.10. The minimum Gasteiger partial charge on any atom is -0.480 e. The maximum Gasteiger partial charge on any atom is 0.322 e. The first kappa shape index (κ1) is 13.4. The van der Waals surface area contributed by atoms with Gasteiger partial charge in [-0.05, 0) is 13.8 Å². The van der Waals surface area contributed by atoms with Crippen molar-refractivity contribution >= 4 is 27.8 Å². The fourth-order valence-electron chi connectivity index (χ4n) is 1.27. The van der Waals surface area contributed by atoms with E-state index in [4.69, 9.17) is 5.11 Å². The number of hydrogen-bond acceptors (Lipinski definition) is 5. The van der Waals surface area contributed by atoms with Crippen LogP contribution in [0.5, 0.6) is 0 Å². The van der Waals surface area contributed by atoms with Crippen molar-refractivity contribution in [1.29, 1.82) is 0 Å². The van der Waals surface area contributed by atoms with Gasteiger partial charge < -0.3 is 10.4 Å². The van der Waals surface area contributed by atoms with Crippen molar-refractivity contribution in [3.8, 4) is 0 Å². The molecule has 0 unspecified atom stereocenters. The largest absolute Gasteiger partial charge is 0.480 e. The van der Waals surface area contributed by atoms with Gasteiger partial charge in [-0.2, -0.15) is 0 Å². The summed E-state index contributed by atoms with van der Waals surface area (Å²) in [5, 5.41) is 10.3. The summed E-state index contributed by atoms with van der Waals surface area (Å²) in [6.07, 6.45) is 0. The van der Waals surface area contributed by atoms with Gasteiger partial charge in [-0.3, -0.25) is 14.4 Å². The van der Waals surface area contributed by atoms with Gasteiger partial charge in [0.2, 0.25) is 5.91 Å². The van der Waals surface area contributed by atoms with Crippen LogP contribution >= 0.6 is 0 Å². The fraction of sp³-hybridized carbons (Fsp3) is 0.625. The number of nitrogens with one attached hydrogen (secondary N) is 1. The maximum atomic E-state index is 11.6. The Morgan fingerprint density at radius 3 is 2.35 bits per heavy atom. The summed E-state index contributed by atoms with van der Waals surface area (Å²) in [7, 11) is -3.81. The minimum atomic E-state index is -3.81. The van der Waals surface area contributed by atoms with Crippen LogP contribution in [0.2, 0.25) is 0 Å². The van der Waals surface area contributed by atoms with Gasteiger partial charge in [-0.1, -0.05) is 0 Å². The predicted molar refractivity (Wildman–Crippen MR) is 55.4 cm³/mol. The van der Waals surface area contributed by atoms with Gasteiger partial charge in [-0.25, -0.2) is 12.7 Å². The van der Waals surface area contributed by atoms with Crippen LogP contribution in [0.4, 0.5) is 0 Å². The molecule has 0 aliphatic carbocycles. The molecule has 0 saturated carbocycles. The van der Waals surface area contributed by atoms with E-state index < -0.39 is 45.6 Å². The molecule has 2 N–H and O–H groups in total. The second-order valence-corrected chi connectivity index (χ2v) is 6.41. The maximum absolute atomic E-state index is 11.6. The molecule has 1 saturated heterocycles. The van der Waals surface area contributed by atoms with Crippen LogP contribution in [-0.2, 0) is 24.4 Å². The number of aliphatic carboxylic acids is 1. The highest BCUT2D eigenvalue weighted by atomic mass is 32.2. The smallest absolute Gasteiger partial charge is 0.322 e. The summed E-state index contributed by atoms with van der Waals surface area (Å²) in [5.41, 5.74) is 0. The van der Waals surface area contributed by atoms with Crippen molar-refractivity contribution in [2.45, 2.75) is 18.6 Å². The van der Waals surface area contributed by atoms with E-state index in [-0.39, 0.29) is 0 Å². The Morgan fingerprint density at radius 2 is 1.94 bits per heavy atom. The molecule has 0 atom stereocenters. The van der Waals surface area contributed by atoms with E-state index in [1.54, 1.807) is 0 Å². The van der Waals surface area contributed by atoms with Gasteiger partial charge in [0.25, 0.3) is 15.9 Å². The first-order valence-electron chi connectivity index (χ1n) is 4.66. The van der Waals surface area contributed by atoms with Crippen LogP contribution in [0, 0.1) is 0 Å². The second kappa shape index (κ2) is 3.99. The zero-order valence-electron chi connectivity index (χ0n) is 9.26. The second-order valence-electron chi connectivity index (χ2n) is 4.00. The zero-order valence-corrected chi connectivity index (χ0v) is 10.1. The molecule has 2 amide bonds. The topological polar surface area (TPSA) is 121 Å². The fourth-order valence-corrected chi connectivity index (χ4v) is 2.76. The lowest BCUT2D eigenvalue weighted by Gasteiger charge is -2.42. The molecular formula is C8H12N2O6S. The standard InChI is InChI=1S/C8H12N2O6S/c1-8(2)7(14)10(17(8,15)16)4-5(11)9-3-6(12)13/h3-4H2,1-2H3,(H,9,11)(H,12,13). The van der Waals surface area contributed by atoms with Gasteiger partial charge >= 0.3 is 5.97 Å². The monoisotopic (exact) mass is 264 g/mol. The van der Waals surface area contributed by atoms with E-state index in [2.05, 4.69) is 0 Å². The SMILES string of the molecule is CC1(C)C(=O)N(CC(=O)NCC(=O)O)S1(=O)=O. The van der Waals surface area contributed by atoms with E-state index in [9.17, 15) is 22.8 Å². The van der Waals surface area contributed by atoms with Crippen molar-refractivity contribution in [1.82, 2.24) is 9.62 Å². The highest BCUT2D eigenvalue weighted by Gasteiger charge is 2.60. The normalized spacial score (nSPS) is 20.6. The van der Waals surface area contributed by atoms with Crippen LogP contribution < -0.4 is 5.32 Å². The van der Waals surface area contributed by atoms with E-state index >= 15 is 0 Å². The van der Waals surface area contributed by atoms with Gasteiger partial charge in [-0.15, -0.1) is 0 Å². The highest BCUT2D eigenvalue weighted by Crippen LogP contribution is 2.34. The molecule has 17 heavy (non-hydrogen) atoms. The third-order valence-corrected chi connectivity index (χ3v) is 4.74. The Hall–Kier alpha value is -1.64.